The summed E-state index contributed by atoms with van der Waals surface area (Å²) in [5, 5.41) is 1.31. The summed E-state index contributed by atoms with van der Waals surface area (Å²) in [5.41, 5.74) is 2.56. The Labute approximate surface area is 70.2 Å². The van der Waals surface area contributed by atoms with Crippen molar-refractivity contribution in [2.75, 3.05) is 6.61 Å². The zero-order valence-corrected chi connectivity index (χ0v) is 6.63. The topological polar surface area (TPSA) is 25.0 Å². The molecule has 0 aliphatic carbocycles. The van der Waals surface area contributed by atoms with Crippen LogP contribution >= 0.6 is 0 Å². The van der Waals surface area contributed by atoms with E-state index in [1.807, 2.05) is 12.3 Å². The van der Waals surface area contributed by atoms with Crippen LogP contribution in [0.1, 0.15) is 5.56 Å². The maximum Gasteiger partial charge on any atom is 0.123 e. The van der Waals surface area contributed by atoms with E-state index in [-0.39, 0.29) is 0 Å². The van der Waals surface area contributed by atoms with Crippen molar-refractivity contribution in [3.63, 3.8) is 0 Å². The van der Waals surface area contributed by atoms with Crippen LogP contribution in [0.4, 0.5) is 0 Å². The molecule has 12 heavy (non-hydrogen) atoms. The number of benzene rings is 1. The lowest BCUT2D eigenvalue weighted by Crippen LogP contribution is -1.85. The van der Waals surface area contributed by atoms with Gasteiger partial charge in [-0.2, -0.15) is 0 Å². The van der Waals surface area contributed by atoms with Crippen molar-refractivity contribution in [1.29, 1.82) is 0 Å². The Hall–Kier alpha value is -1.44. The molecular weight excluding hydrogens is 150 g/mol. The van der Waals surface area contributed by atoms with Crippen molar-refractivity contribution in [1.82, 2.24) is 4.98 Å². The number of ether oxygens (including phenoxy) is 1. The van der Waals surface area contributed by atoms with Crippen LogP contribution in [0.15, 0.2) is 24.4 Å². The highest BCUT2D eigenvalue weighted by molar-refractivity contribution is 5.85. The molecule has 0 saturated carbocycles. The zero-order valence-electron chi connectivity index (χ0n) is 6.63. The van der Waals surface area contributed by atoms with Crippen LogP contribution in [0.25, 0.3) is 10.9 Å². The van der Waals surface area contributed by atoms with Gasteiger partial charge in [-0.25, -0.2) is 0 Å². The number of aromatic amines is 1. The third-order valence-corrected chi connectivity index (χ3v) is 2.41. The highest BCUT2D eigenvalue weighted by atomic mass is 16.5. The first-order valence-electron chi connectivity index (χ1n) is 4.17. The number of nitrogens with one attached hydrogen (secondary N) is 1. The maximum absolute atomic E-state index is 5.46. The molecular formula is C10H9NO. The van der Waals surface area contributed by atoms with Gasteiger partial charge in [-0.3, -0.25) is 0 Å². The van der Waals surface area contributed by atoms with Gasteiger partial charge < -0.3 is 9.72 Å². The molecule has 0 unspecified atom stereocenters. The quantitative estimate of drug-likeness (QED) is 0.625. The number of H-pyrrole nitrogens is 1. The first-order valence-corrected chi connectivity index (χ1v) is 4.17. The van der Waals surface area contributed by atoms with Gasteiger partial charge in [-0.1, -0.05) is 0 Å². The summed E-state index contributed by atoms with van der Waals surface area (Å²) in [6.45, 7) is 0.833. The second kappa shape index (κ2) is 2.03. The van der Waals surface area contributed by atoms with Crippen molar-refractivity contribution in [3.8, 4) is 5.75 Å². The molecule has 0 amide bonds. The standard InChI is InChI=1S/C10H9NO/c1-2-10-8(4-6-12-10)7-3-5-11-9(1)7/h1-3,5,11H,4,6H2. The van der Waals surface area contributed by atoms with Gasteiger partial charge in [0.05, 0.1) is 6.61 Å². The third-order valence-electron chi connectivity index (χ3n) is 2.41. The average Bonchev–Trinajstić information content (AvgIpc) is 2.71. The molecule has 0 saturated heterocycles. The normalized spacial score (nSPS) is 14.7. The predicted octanol–water partition coefficient (Wildman–Crippen LogP) is 2.10. The second-order valence-corrected chi connectivity index (χ2v) is 3.08. The zero-order chi connectivity index (χ0) is 7.97. The number of aromatic nitrogens is 1. The third kappa shape index (κ3) is 0.644. The molecule has 0 atom stereocenters. The summed E-state index contributed by atoms with van der Waals surface area (Å²) in [5.74, 6) is 1.06. The molecule has 1 aliphatic heterocycles. The molecule has 0 bridgehead atoms. The summed E-state index contributed by atoms with van der Waals surface area (Å²) < 4.78 is 5.46. The molecule has 0 radical (unpaired) electrons. The van der Waals surface area contributed by atoms with Crippen LogP contribution < -0.4 is 4.74 Å². The van der Waals surface area contributed by atoms with Gasteiger partial charge in [-0.05, 0) is 18.2 Å². The molecule has 1 aliphatic rings. The number of rotatable bonds is 0. The molecule has 2 nitrogen and oxygen atoms in total. The number of fused-ring (bicyclic) bond motifs is 3. The van der Waals surface area contributed by atoms with Gasteiger partial charge in [0, 0.05) is 29.1 Å². The molecule has 2 aromatic rings. The van der Waals surface area contributed by atoms with E-state index >= 15 is 0 Å². The SMILES string of the molecule is c1cc2c3c(ccc2[nH]1)OCC3. The summed E-state index contributed by atoms with van der Waals surface area (Å²) in [6, 6.07) is 6.23. The van der Waals surface area contributed by atoms with E-state index in [9.17, 15) is 0 Å². The van der Waals surface area contributed by atoms with E-state index in [1.165, 1.54) is 16.5 Å². The summed E-state index contributed by atoms with van der Waals surface area (Å²) in [4.78, 5) is 3.19. The molecule has 2 heterocycles. The Morgan fingerprint density at radius 2 is 2.25 bits per heavy atom. The lowest BCUT2D eigenvalue weighted by molar-refractivity contribution is 0.357. The van der Waals surface area contributed by atoms with Gasteiger partial charge in [0.2, 0.25) is 0 Å². The van der Waals surface area contributed by atoms with E-state index in [2.05, 4.69) is 17.1 Å². The van der Waals surface area contributed by atoms with Crippen LogP contribution in [0.2, 0.25) is 0 Å². The summed E-state index contributed by atoms with van der Waals surface area (Å²) in [7, 11) is 0. The Morgan fingerprint density at radius 1 is 1.25 bits per heavy atom. The first-order chi connectivity index (χ1) is 5.95. The Balaban J connectivity index is 2.46. The minimum Gasteiger partial charge on any atom is -0.493 e. The average molecular weight is 159 g/mol. The first kappa shape index (κ1) is 6.12. The number of hydrogen-bond donors (Lipinski definition) is 1. The van der Waals surface area contributed by atoms with Gasteiger partial charge >= 0.3 is 0 Å². The summed E-state index contributed by atoms with van der Waals surface area (Å²) in [6.07, 6.45) is 3.02. The Morgan fingerprint density at radius 3 is 3.25 bits per heavy atom. The van der Waals surface area contributed by atoms with E-state index in [4.69, 9.17) is 4.74 Å². The van der Waals surface area contributed by atoms with Gasteiger partial charge in [0.25, 0.3) is 0 Å². The van der Waals surface area contributed by atoms with Crippen molar-refractivity contribution in [3.05, 3.63) is 30.0 Å². The molecule has 3 rings (SSSR count). The molecule has 1 aromatic carbocycles. The molecule has 2 heteroatoms. The van der Waals surface area contributed by atoms with Crippen LogP contribution in [0.3, 0.4) is 0 Å². The van der Waals surface area contributed by atoms with Crippen LogP contribution in [-0.2, 0) is 6.42 Å². The fraction of sp³-hybridized carbons (Fsp3) is 0.200. The largest absolute Gasteiger partial charge is 0.493 e. The van der Waals surface area contributed by atoms with Crippen LogP contribution in [0.5, 0.6) is 5.75 Å². The van der Waals surface area contributed by atoms with Gasteiger partial charge in [0.1, 0.15) is 5.75 Å². The molecule has 60 valence electrons. The van der Waals surface area contributed by atoms with Gasteiger partial charge in [0.15, 0.2) is 0 Å². The van der Waals surface area contributed by atoms with E-state index in [0.717, 1.165) is 18.8 Å². The Kier molecular flexibility index (Phi) is 1.04. The maximum atomic E-state index is 5.46. The van der Waals surface area contributed by atoms with Gasteiger partial charge in [-0.15, -0.1) is 0 Å². The fourth-order valence-electron chi connectivity index (χ4n) is 1.83. The van der Waals surface area contributed by atoms with Crippen molar-refractivity contribution in [2.24, 2.45) is 0 Å². The monoisotopic (exact) mass is 159 g/mol. The minimum absolute atomic E-state index is 0.833. The molecule has 0 fully saturated rings. The van der Waals surface area contributed by atoms with Crippen LogP contribution in [-0.4, -0.2) is 11.6 Å². The highest BCUT2D eigenvalue weighted by Gasteiger charge is 2.14. The second-order valence-electron chi connectivity index (χ2n) is 3.08. The number of hydrogen-bond acceptors (Lipinski definition) is 1. The van der Waals surface area contributed by atoms with Crippen molar-refractivity contribution >= 4 is 10.9 Å². The smallest absolute Gasteiger partial charge is 0.123 e. The molecule has 1 N–H and O–H groups in total. The minimum atomic E-state index is 0.833. The lowest BCUT2D eigenvalue weighted by atomic mass is 10.1. The van der Waals surface area contributed by atoms with Crippen molar-refractivity contribution in [2.45, 2.75) is 6.42 Å². The van der Waals surface area contributed by atoms with E-state index < -0.39 is 0 Å². The van der Waals surface area contributed by atoms with E-state index in [1.54, 1.807) is 0 Å². The lowest BCUT2D eigenvalue weighted by Gasteiger charge is -1.98. The van der Waals surface area contributed by atoms with E-state index in [0.29, 0.717) is 0 Å². The Bertz CT molecular complexity index is 430. The highest BCUT2D eigenvalue weighted by Crippen LogP contribution is 2.31. The van der Waals surface area contributed by atoms with Crippen molar-refractivity contribution < 1.29 is 4.74 Å². The fourth-order valence-corrected chi connectivity index (χ4v) is 1.83. The molecule has 0 spiro atoms. The molecule has 1 aromatic heterocycles. The predicted molar refractivity (Wildman–Crippen MR) is 47.5 cm³/mol. The summed E-state index contributed by atoms with van der Waals surface area (Å²) >= 11 is 0. The van der Waals surface area contributed by atoms with Crippen LogP contribution in [0, 0.1) is 0 Å².